The van der Waals surface area contributed by atoms with Gasteiger partial charge in [0, 0.05) is 25.5 Å². The van der Waals surface area contributed by atoms with Gasteiger partial charge < -0.3 is 14.6 Å². The SMILES string of the molecule is COc1cc(CN2CCC[C@H](OCc3cccnc3)C2)cc(Cl)c1O. The van der Waals surface area contributed by atoms with E-state index >= 15 is 0 Å². The lowest BCUT2D eigenvalue weighted by molar-refractivity contribution is -0.0121. The van der Waals surface area contributed by atoms with Crippen molar-refractivity contribution in [1.29, 1.82) is 0 Å². The molecule has 0 bridgehead atoms. The van der Waals surface area contributed by atoms with E-state index in [4.69, 9.17) is 21.1 Å². The predicted molar refractivity (Wildman–Crippen MR) is 97.0 cm³/mol. The average Bonchev–Trinajstić information content (AvgIpc) is 2.64. The van der Waals surface area contributed by atoms with Crippen LogP contribution in [-0.4, -0.2) is 41.3 Å². The van der Waals surface area contributed by atoms with Crippen molar-refractivity contribution >= 4 is 11.6 Å². The van der Waals surface area contributed by atoms with Crippen molar-refractivity contribution in [1.82, 2.24) is 9.88 Å². The number of phenolic OH excluding ortho intramolecular Hbond substituents is 1. The molecule has 5 nitrogen and oxygen atoms in total. The van der Waals surface area contributed by atoms with Gasteiger partial charge in [0.2, 0.25) is 0 Å². The number of nitrogens with zero attached hydrogens (tertiary/aromatic N) is 2. The molecule has 1 aliphatic heterocycles. The number of ether oxygens (including phenoxy) is 2. The second-order valence-corrected chi connectivity index (χ2v) is 6.71. The molecule has 0 saturated carbocycles. The van der Waals surface area contributed by atoms with Crippen LogP contribution in [0.5, 0.6) is 11.5 Å². The second-order valence-electron chi connectivity index (χ2n) is 6.30. The zero-order valence-electron chi connectivity index (χ0n) is 14.3. The fourth-order valence-corrected chi connectivity index (χ4v) is 3.36. The van der Waals surface area contributed by atoms with Gasteiger partial charge in [0.15, 0.2) is 11.5 Å². The molecule has 3 rings (SSSR count). The molecule has 0 unspecified atom stereocenters. The molecule has 134 valence electrons. The van der Waals surface area contributed by atoms with E-state index in [2.05, 4.69) is 9.88 Å². The van der Waals surface area contributed by atoms with Gasteiger partial charge in [0.1, 0.15) is 0 Å². The maximum absolute atomic E-state index is 9.85. The Morgan fingerprint density at radius 2 is 2.24 bits per heavy atom. The highest BCUT2D eigenvalue weighted by Crippen LogP contribution is 2.35. The molecule has 2 aromatic rings. The van der Waals surface area contributed by atoms with Crippen LogP contribution in [0.4, 0.5) is 0 Å². The molecule has 0 spiro atoms. The summed E-state index contributed by atoms with van der Waals surface area (Å²) in [6.45, 7) is 3.24. The van der Waals surface area contributed by atoms with Gasteiger partial charge in [-0.15, -0.1) is 0 Å². The summed E-state index contributed by atoms with van der Waals surface area (Å²) in [7, 11) is 1.53. The number of benzene rings is 1. The smallest absolute Gasteiger partial charge is 0.176 e. The Hall–Kier alpha value is -1.82. The Kier molecular flexibility index (Phi) is 6.13. The largest absolute Gasteiger partial charge is 0.503 e. The highest BCUT2D eigenvalue weighted by atomic mass is 35.5. The van der Waals surface area contributed by atoms with Crippen LogP contribution < -0.4 is 4.74 Å². The minimum Gasteiger partial charge on any atom is -0.503 e. The first-order chi connectivity index (χ1) is 12.2. The van der Waals surface area contributed by atoms with E-state index in [0.717, 1.165) is 43.6 Å². The van der Waals surface area contributed by atoms with Crippen LogP contribution in [0.3, 0.4) is 0 Å². The van der Waals surface area contributed by atoms with E-state index in [-0.39, 0.29) is 11.9 Å². The van der Waals surface area contributed by atoms with Gasteiger partial charge in [-0.05, 0) is 48.7 Å². The van der Waals surface area contributed by atoms with E-state index in [1.165, 1.54) is 7.11 Å². The number of piperidine rings is 1. The summed E-state index contributed by atoms with van der Waals surface area (Å²) in [6.07, 6.45) is 5.98. The summed E-state index contributed by atoms with van der Waals surface area (Å²) in [5.74, 6) is 0.396. The van der Waals surface area contributed by atoms with E-state index in [1.807, 2.05) is 24.4 Å². The molecule has 1 aromatic heterocycles. The Balaban J connectivity index is 1.57. The molecule has 1 aromatic carbocycles. The zero-order chi connectivity index (χ0) is 17.6. The minimum absolute atomic E-state index is 0.00996. The number of hydrogen-bond acceptors (Lipinski definition) is 5. The molecule has 25 heavy (non-hydrogen) atoms. The van der Waals surface area contributed by atoms with Crippen LogP contribution in [0, 0.1) is 0 Å². The molecule has 1 N–H and O–H groups in total. The van der Waals surface area contributed by atoms with E-state index in [1.54, 1.807) is 12.3 Å². The van der Waals surface area contributed by atoms with Crippen LogP contribution >= 0.6 is 11.6 Å². The number of rotatable bonds is 6. The van der Waals surface area contributed by atoms with Gasteiger partial charge in [-0.3, -0.25) is 9.88 Å². The van der Waals surface area contributed by atoms with E-state index in [0.29, 0.717) is 17.4 Å². The standard InChI is InChI=1S/C19H23ClN2O3/c1-24-18-9-15(8-17(20)19(18)23)11-22-7-3-5-16(12-22)25-13-14-4-2-6-21-10-14/h2,4,6,8-10,16,23H,3,5,7,11-13H2,1H3/t16-/m0/s1. The fourth-order valence-electron chi connectivity index (χ4n) is 3.12. The number of phenols is 1. The van der Waals surface area contributed by atoms with Crippen molar-refractivity contribution in [3.05, 3.63) is 52.8 Å². The van der Waals surface area contributed by atoms with Gasteiger partial charge in [-0.1, -0.05) is 17.7 Å². The van der Waals surface area contributed by atoms with E-state index < -0.39 is 0 Å². The Morgan fingerprint density at radius 3 is 3.00 bits per heavy atom. The van der Waals surface area contributed by atoms with Crippen LogP contribution in [0.1, 0.15) is 24.0 Å². The van der Waals surface area contributed by atoms with E-state index in [9.17, 15) is 5.11 Å². The summed E-state index contributed by atoms with van der Waals surface area (Å²) >= 11 is 6.08. The molecule has 1 atom stereocenters. The first kappa shape index (κ1) is 18.0. The maximum atomic E-state index is 9.85. The topological polar surface area (TPSA) is 54.8 Å². The van der Waals surface area contributed by atoms with Gasteiger partial charge >= 0.3 is 0 Å². The highest BCUT2D eigenvalue weighted by molar-refractivity contribution is 6.32. The average molecular weight is 363 g/mol. The fraction of sp³-hybridized carbons (Fsp3) is 0.421. The first-order valence-electron chi connectivity index (χ1n) is 8.44. The third kappa shape index (κ3) is 4.84. The molecule has 0 amide bonds. The third-order valence-corrected chi connectivity index (χ3v) is 4.67. The quantitative estimate of drug-likeness (QED) is 0.850. The molecule has 1 aliphatic rings. The molecule has 1 saturated heterocycles. The number of pyridine rings is 1. The number of hydrogen-bond donors (Lipinski definition) is 1. The lowest BCUT2D eigenvalue weighted by atomic mass is 10.1. The minimum atomic E-state index is -0.00996. The number of likely N-dealkylation sites (tertiary alicyclic amines) is 1. The van der Waals surface area contributed by atoms with Crippen molar-refractivity contribution in [2.75, 3.05) is 20.2 Å². The lowest BCUT2D eigenvalue weighted by Gasteiger charge is -2.32. The predicted octanol–water partition coefficient (Wildman–Crippen LogP) is 3.63. The summed E-state index contributed by atoms with van der Waals surface area (Å²) in [6, 6.07) is 7.58. The van der Waals surface area contributed by atoms with Crippen LogP contribution in [0.2, 0.25) is 5.02 Å². The highest BCUT2D eigenvalue weighted by Gasteiger charge is 2.21. The number of methoxy groups -OCH3 is 1. The molecule has 0 aliphatic carbocycles. The Labute approximate surface area is 153 Å². The van der Waals surface area contributed by atoms with Gasteiger partial charge in [0.05, 0.1) is 24.8 Å². The van der Waals surface area contributed by atoms with Crippen molar-refractivity contribution in [3.8, 4) is 11.5 Å². The lowest BCUT2D eigenvalue weighted by Crippen LogP contribution is -2.39. The zero-order valence-corrected chi connectivity index (χ0v) is 15.1. The third-order valence-electron chi connectivity index (χ3n) is 4.39. The monoisotopic (exact) mass is 362 g/mol. The maximum Gasteiger partial charge on any atom is 0.176 e. The number of aromatic nitrogens is 1. The summed E-state index contributed by atoms with van der Waals surface area (Å²) in [5, 5.41) is 10.2. The van der Waals surface area contributed by atoms with Crippen LogP contribution in [0.25, 0.3) is 0 Å². The molecule has 2 heterocycles. The number of aromatic hydroxyl groups is 1. The summed E-state index contributed by atoms with van der Waals surface area (Å²) in [4.78, 5) is 6.46. The second kappa shape index (κ2) is 8.52. The molecule has 6 heteroatoms. The molecular formula is C19H23ClN2O3. The van der Waals surface area contributed by atoms with Gasteiger partial charge in [-0.25, -0.2) is 0 Å². The summed E-state index contributed by atoms with van der Waals surface area (Å²) < 4.78 is 11.2. The molecule has 1 fully saturated rings. The first-order valence-corrected chi connectivity index (χ1v) is 8.81. The van der Waals surface area contributed by atoms with Crippen molar-refractivity contribution in [3.63, 3.8) is 0 Å². The van der Waals surface area contributed by atoms with Crippen molar-refractivity contribution in [2.45, 2.75) is 32.1 Å². The Bertz CT molecular complexity index is 697. The van der Waals surface area contributed by atoms with Crippen LogP contribution in [-0.2, 0) is 17.9 Å². The van der Waals surface area contributed by atoms with Crippen molar-refractivity contribution < 1.29 is 14.6 Å². The molecule has 0 radical (unpaired) electrons. The molecular weight excluding hydrogens is 340 g/mol. The van der Waals surface area contributed by atoms with Crippen LogP contribution in [0.15, 0.2) is 36.7 Å². The Morgan fingerprint density at radius 1 is 1.36 bits per heavy atom. The van der Waals surface area contributed by atoms with Gasteiger partial charge in [0.25, 0.3) is 0 Å². The summed E-state index contributed by atoms with van der Waals surface area (Å²) in [5.41, 5.74) is 2.11. The van der Waals surface area contributed by atoms with Crippen molar-refractivity contribution in [2.24, 2.45) is 0 Å². The normalized spacial score (nSPS) is 18.2. The number of halogens is 1. The van der Waals surface area contributed by atoms with Gasteiger partial charge in [-0.2, -0.15) is 0 Å².